The van der Waals surface area contributed by atoms with Crippen molar-refractivity contribution in [1.82, 2.24) is 10.6 Å². The van der Waals surface area contributed by atoms with Crippen molar-refractivity contribution in [3.8, 4) is 23.0 Å². The second kappa shape index (κ2) is 16.3. The summed E-state index contributed by atoms with van der Waals surface area (Å²) in [5, 5.41) is 5.83. The zero-order valence-corrected chi connectivity index (χ0v) is 25.6. The maximum absolute atomic E-state index is 12.9. The zero-order chi connectivity index (χ0) is 30.5. The molecule has 0 fully saturated rings. The molecule has 8 heteroatoms. The van der Waals surface area contributed by atoms with Gasteiger partial charge in [-0.3, -0.25) is 9.59 Å². The number of amides is 2. The van der Waals surface area contributed by atoms with Crippen LogP contribution in [0, 0.1) is 11.8 Å². The van der Waals surface area contributed by atoms with Crippen LogP contribution in [0.15, 0.2) is 60.7 Å². The molecule has 0 aromatic heterocycles. The Morgan fingerprint density at radius 1 is 0.619 bits per heavy atom. The van der Waals surface area contributed by atoms with Crippen LogP contribution in [0.25, 0.3) is 0 Å². The van der Waals surface area contributed by atoms with Crippen molar-refractivity contribution in [3.63, 3.8) is 0 Å². The van der Waals surface area contributed by atoms with E-state index in [0.717, 1.165) is 24.0 Å². The van der Waals surface area contributed by atoms with E-state index < -0.39 is 0 Å². The lowest BCUT2D eigenvalue weighted by molar-refractivity contribution is 0.0950. The van der Waals surface area contributed by atoms with Crippen molar-refractivity contribution in [2.75, 3.05) is 27.4 Å². The third-order valence-electron chi connectivity index (χ3n) is 6.65. The van der Waals surface area contributed by atoms with Crippen LogP contribution >= 0.6 is 0 Å². The molecule has 2 amide bonds. The molecule has 0 saturated heterocycles. The summed E-state index contributed by atoms with van der Waals surface area (Å²) in [5.41, 5.74) is 2.54. The van der Waals surface area contributed by atoms with Crippen LogP contribution in [0.3, 0.4) is 0 Å². The number of hydrogen-bond donors (Lipinski definition) is 2. The highest BCUT2D eigenvalue weighted by Crippen LogP contribution is 2.29. The molecule has 0 aliphatic carbocycles. The van der Waals surface area contributed by atoms with Crippen molar-refractivity contribution in [1.29, 1.82) is 0 Å². The maximum atomic E-state index is 12.9. The average Bonchev–Trinajstić information content (AvgIpc) is 2.99. The van der Waals surface area contributed by atoms with E-state index in [1.807, 2.05) is 36.4 Å². The summed E-state index contributed by atoms with van der Waals surface area (Å²) in [6.07, 6.45) is 1.90. The fourth-order valence-electron chi connectivity index (χ4n) is 4.06. The van der Waals surface area contributed by atoms with Crippen molar-refractivity contribution in [2.24, 2.45) is 11.8 Å². The Bertz CT molecular complexity index is 1220. The minimum absolute atomic E-state index is 0.279. The highest BCUT2D eigenvalue weighted by atomic mass is 16.5. The van der Waals surface area contributed by atoms with Crippen molar-refractivity contribution >= 4 is 11.8 Å². The third-order valence-corrected chi connectivity index (χ3v) is 6.65. The van der Waals surface area contributed by atoms with Gasteiger partial charge in [0.25, 0.3) is 11.8 Å². The van der Waals surface area contributed by atoms with Gasteiger partial charge < -0.3 is 29.6 Å². The third kappa shape index (κ3) is 10.0. The Kier molecular flexibility index (Phi) is 12.5. The number of carbonyl (C=O) groups is 2. The van der Waals surface area contributed by atoms with E-state index in [0.29, 0.717) is 72.3 Å². The Morgan fingerprint density at radius 3 is 1.43 bits per heavy atom. The fraction of sp³-hybridized carbons (Fsp3) is 0.412. The highest BCUT2D eigenvalue weighted by molar-refractivity contribution is 5.99. The highest BCUT2D eigenvalue weighted by Gasteiger charge is 2.13. The summed E-state index contributed by atoms with van der Waals surface area (Å²) in [5.74, 6) is 3.14. The lowest BCUT2D eigenvalue weighted by Gasteiger charge is -2.14. The summed E-state index contributed by atoms with van der Waals surface area (Å²) in [4.78, 5) is 25.8. The van der Waals surface area contributed by atoms with Gasteiger partial charge in [0.15, 0.2) is 23.0 Å². The minimum atomic E-state index is -0.279. The van der Waals surface area contributed by atoms with Gasteiger partial charge in [-0.25, -0.2) is 0 Å². The molecule has 3 aromatic carbocycles. The number of rotatable bonds is 16. The van der Waals surface area contributed by atoms with E-state index in [2.05, 4.69) is 38.3 Å². The molecule has 3 aromatic rings. The van der Waals surface area contributed by atoms with E-state index in [-0.39, 0.29) is 11.8 Å². The van der Waals surface area contributed by atoms with Gasteiger partial charge in [-0.05, 0) is 78.3 Å². The first-order valence-electron chi connectivity index (χ1n) is 14.5. The van der Waals surface area contributed by atoms with Crippen LogP contribution < -0.4 is 29.6 Å². The Labute approximate surface area is 249 Å². The number of carbonyl (C=O) groups excluding carboxylic acids is 2. The van der Waals surface area contributed by atoms with E-state index >= 15 is 0 Å². The Morgan fingerprint density at radius 2 is 1.05 bits per heavy atom. The standard InChI is InChI=1S/C34H44N2O6/c1-23(2)14-16-41-29-12-10-25(18-31(29)39-5)21-35-33(37)27-8-7-9-28(20-27)34(38)36-22-26-11-13-30(32(19-26)40-6)42-17-15-24(3)4/h7-13,18-20,23-24H,14-17,21-22H2,1-6H3,(H,35,37)(H,36,38). The van der Waals surface area contributed by atoms with E-state index in [1.165, 1.54) is 0 Å². The largest absolute Gasteiger partial charge is 0.493 e. The number of hydrogen-bond acceptors (Lipinski definition) is 6. The smallest absolute Gasteiger partial charge is 0.251 e. The van der Waals surface area contributed by atoms with Gasteiger partial charge in [-0.15, -0.1) is 0 Å². The predicted octanol–water partition coefficient (Wildman–Crippen LogP) is 6.41. The molecule has 3 rings (SSSR count). The molecule has 0 unspecified atom stereocenters. The van der Waals surface area contributed by atoms with E-state index in [4.69, 9.17) is 18.9 Å². The predicted molar refractivity (Wildman–Crippen MR) is 165 cm³/mol. The maximum Gasteiger partial charge on any atom is 0.251 e. The number of ether oxygens (including phenoxy) is 4. The first-order chi connectivity index (χ1) is 20.2. The molecule has 42 heavy (non-hydrogen) atoms. The lowest BCUT2D eigenvalue weighted by atomic mass is 10.1. The van der Waals surface area contributed by atoms with E-state index in [1.54, 1.807) is 38.5 Å². The van der Waals surface area contributed by atoms with Crippen LogP contribution in [-0.2, 0) is 13.1 Å². The molecule has 0 bridgehead atoms. The van der Waals surface area contributed by atoms with Crippen LogP contribution in [-0.4, -0.2) is 39.2 Å². The van der Waals surface area contributed by atoms with Crippen molar-refractivity contribution in [2.45, 2.75) is 53.6 Å². The molecule has 0 radical (unpaired) electrons. The SMILES string of the molecule is COc1cc(CNC(=O)c2cccc(C(=O)NCc3ccc(OCCC(C)C)c(OC)c3)c2)ccc1OCCC(C)C. The molecule has 226 valence electrons. The minimum Gasteiger partial charge on any atom is -0.493 e. The molecular weight excluding hydrogens is 532 g/mol. The normalized spacial score (nSPS) is 10.9. The molecule has 8 nitrogen and oxygen atoms in total. The van der Waals surface area contributed by atoms with Crippen LogP contribution in [0.5, 0.6) is 23.0 Å². The summed E-state index contributed by atoms with van der Waals surface area (Å²) >= 11 is 0. The summed E-state index contributed by atoms with van der Waals surface area (Å²) in [6, 6.07) is 17.9. The summed E-state index contributed by atoms with van der Waals surface area (Å²) < 4.78 is 22.7. The number of methoxy groups -OCH3 is 2. The summed E-state index contributed by atoms with van der Waals surface area (Å²) in [6.45, 7) is 10.4. The molecule has 0 heterocycles. The average molecular weight is 577 g/mol. The van der Waals surface area contributed by atoms with Crippen LogP contribution in [0.2, 0.25) is 0 Å². The molecule has 0 saturated carbocycles. The summed E-state index contributed by atoms with van der Waals surface area (Å²) in [7, 11) is 3.19. The van der Waals surface area contributed by atoms with Gasteiger partial charge in [0.2, 0.25) is 0 Å². The first kappa shape index (κ1) is 32.3. The van der Waals surface area contributed by atoms with Gasteiger partial charge >= 0.3 is 0 Å². The Hall–Kier alpha value is -4.20. The molecule has 0 spiro atoms. The van der Waals surface area contributed by atoms with Gasteiger partial charge in [0.1, 0.15) is 0 Å². The number of nitrogens with one attached hydrogen (secondary N) is 2. The van der Waals surface area contributed by atoms with Gasteiger partial charge in [0.05, 0.1) is 27.4 Å². The van der Waals surface area contributed by atoms with Crippen molar-refractivity contribution < 1.29 is 28.5 Å². The Balaban J connectivity index is 1.55. The fourth-order valence-corrected chi connectivity index (χ4v) is 4.06. The van der Waals surface area contributed by atoms with Gasteiger partial charge in [0, 0.05) is 24.2 Å². The second-order valence-corrected chi connectivity index (χ2v) is 11.0. The van der Waals surface area contributed by atoms with Gasteiger partial charge in [-0.2, -0.15) is 0 Å². The van der Waals surface area contributed by atoms with Crippen molar-refractivity contribution in [3.05, 3.63) is 82.9 Å². The molecular formula is C34H44N2O6. The molecule has 2 N–H and O–H groups in total. The van der Waals surface area contributed by atoms with Crippen LogP contribution in [0.4, 0.5) is 0 Å². The van der Waals surface area contributed by atoms with Gasteiger partial charge in [-0.1, -0.05) is 45.9 Å². The number of benzene rings is 3. The monoisotopic (exact) mass is 576 g/mol. The molecule has 0 aliphatic rings. The van der Waals surface area contributed by atoms with Crippen LogP contribution in [0.1, 0.15) is 72.4 Å². The molecule has 0 aliphatic heterocycles. The zero-order valence-electron chi connectivity index (χ0n) is 25.6. The topological polar surface area (TPSA) is 95.1 Å². The second-order valence-electron chi connectivity index (χ2n) is 11.0. The quantitative estimate of drug-likeness (QED) is 0.205. The van der Waals surface area contributed by atoms with E-state index in [9.17, 15) is 9.59 Å². The first-order valence-corrected chi connectivity index (χ1v) is 14.5. The lowest BCUT2D eigenvalue weighted by Crippen LogP contribution is -2.25. The molecule has 0 atom stereocenters.